The number of benzene rings is 1. The van der Waals surface area contributed by atoms with Gasteiger partial charge in [0.25, 0.3) is 0 Å². The first kappa shape index (κ1) is 22.7. The summed E-state index contributed by atoms with van der Waals surface area (Å²) in [5.41, 5.74) is 1.14. The van der Waals surface area contributed by atoms with Crippen LogP contribution in [0.5, 0.6) is 11.5 Å². The van der Waals surface area contributed by atoms with Crippen LogP contribution in [0.1, 0.15) is 39.0 Å². The van der Waals surface area contributed by atoms with Crippen molar-refractivity contribution in [2.24, 2.45) is 4.99 Å². The first-order chi connectivity index (χ1) is 14.6. The fourth-order valence-corrected chi connectivity index (χ4v) is 4.59. The molecule has 0 amide bonds. The molecule has 7 nitrogen and oxygen atoms in total. The number of likely N-dealkylation sites (tertiary alicyclic amines) is 2. The zero-order valence-corrected chi connectivity index (χ0v) is 19.2. The van der Waals surface area contributed by atoms with Gasteiger partial charge in [-0.25, -0.2) is 0 Å². The molecule has 168 valence electrons. The Bertz CT molecular complexity index is 695. The Balaban J connectivity index is 1.66. The molecule has 0 saturated carbocycles. The van der Waals surface area contributed by atoms with E-state index in [1.807, 2.05) is 32.2 Å². The van der Waals surface area contributed by atoms with Gasteiger partial charge < -0.3 is 25.0 Å². The molecule has 2 heterocycles. The van der Waals surface area contributed by atoms with Gasteiger partial charge in [-0.3, -0.25) is 9.89 Å². The molecule has 0 bridgehead atoms. The van der Waals surface area contributed by atoms with Crippen LogP contribution in [0.3, 0.4) is 0 Å². The number of aliphatic imine (C=N–C) groups is 1. The van der Waals surface area contributed by atoms with Crippen LogP contribution in [-0.2, 0) is 0 Å². The molecule has 0 spiro atoms. The van der Waals surface area contributed by atoms with E-state index in [0.717, 1.165) is 42.8 Å². The summed E-state index contributed by atoms with van der Waals surface area (Å²) in [6.07, 6.45) is 6.39. The summed E-state index contributed by atoms with van der Waals surface area (Å²) in [6, 6.07) is 5.88. The summed E-state index contributed by atoms with van der Waals surface area (Å²) in [4.78, 5) is 9.65. The normalized spacial score (nSPS) is 20.6. The summed E-state index contributed by atoms with van der Waals surface area (Å²) in [5.74, 6) is 2.26. The van der Waals surface area contributed by atoms with Crippen LogP contribution in [0.2, 0.25) is 0 Å². The Morgan fingerprint density at radius 3 is 2.47 bits per heavy atom. The molecule has 0 unspecified atom stereocenters. The van der Waals surface area contributed by atoms with Gasteiger partial charge in [0.15, 0.2) is 17.5 Å². The molecule has 2 fully saturated rings. The standard InChI is InChI=1S/C23H39N5O2/c1-5-30-20-10-9-19(17-21(20)29-4)26-22(24-2)25-18-23(11-15-27(3)16-12-23)28-13-7-6-8-14-28/h9-10,17H,5-8,11-16,18H2,1-4H3,(H2,24,25,26). The average molecular weight is 418 g/mol. The molecule has 2 saturated heterocycles. The number of nitrogens with one attached hydrogen (secondary N) is 2. The van der Waals surface area contributed by atoms with Crippen molar-refractivity contribution in [1.82, 2.24) is 15.1 Å². The van der Waals surface area contributed by atoms with E-state index < -0.39 is 0 Å². The molecule has 3 rings (SSSR count). The Morgan fingerprint density at radius 2 is 1.83 bits per heavy atom. The Labute approximate surface area is 181 Å². The number of piperidine rings is 2. The molecule has 1 aromatic rings. The number of rotatable bonds is 7. The number of ether oxygens (including phenoxy) is 2. The number of methoxy groups -OCH3 is 1. The topological polar surface area (TPSA) is 61.4 Å². The number of nitrogens with zero attached hydrogens (tertiary/aromatic N) is 3. The van der Waals surface area contributed by atoms with Crippen molar-refractivity contribution in [2.45, 2.75) is 44.6 Å². The molecule has 2 N–H and O–H groups in total. The monoisotopic (exact) mass is 417 g/mol. The maximum absolute atomic E-state index is 5.62. The van der Waals surface area contributed by atoms with Gasteiger partial charge in [-0.1, -0.05) is 6.42 Å². The van der Waals surface area contributed by atoms with Gasteiger partial charge in [0.05, 0.1) is 13.7 Å². The zero-order valence-electron chi connectivity index (χ0n) is 19.2. The largest absolute Gasteiger partial charge is 0.493 e. The molecule has 0 atom stereocenters. The highest BCUT2D eigenvalue weighted by atomic mass is 16.5. The van der Waals surface area contributed by atoms with E-state index in [9.17, 15) is 0 Å². The molecule has 2 aliphatic rings. The third-order valence-corrected chi connectivity index (χ3v) is 6.48. The minimum atomic E-state index is 0.209. The van der Waals surface area contributed by atoms with E-state index in [-0.39, 0.29) is 5.54 Å². The van der Waals surface area contributed by atoms with Crippen LogP contribution in [0.15, 0.2) is 23.2 Å². The first-order valence-electron chi connectivity index (χ1n) is 11.3. The number of guanidine groups is 1. The van der Waals surface area contributed by atoms with Crippen molar-refractivity contribution < 1.29 is 9.47 Å². The van der Waals surface area contributed by atoms with Crippen LogP contribution in [0.25, 0.3) is 0 Å². The van der Waals surface area contributed by atoms with E-state index >= 15 is 0 Å². The van der Waals surface area contributed by atoms with Crippen LogP contribution in [-0.4, -0.2) is 81.8 Å². The van der Waals surface area contributed by atoms with Gasteiger partial charge >= 0.3 is 0 Å². The predicted octanol–water partition coefficient (Wildman–Crippen LogP) is 3.03. The molecule has 0 radical (unpaired) electrons. The maximum atomic E-state index is 5.62. The fourth-order valence-electron chi connectivity index (χ4n) is 4.59. The molecule has 2 aliphatic heterocycles. The highest BCUT2D eigenvalue weighted by molar-refractivity contribution is 5.93. The Hall–Kier alpha value is -1.99. The molecule has 0 aromatic heterocycles. The van der Waals surface area contributed by atoms with Gasteiger partial charge in [-0.05, 0) is 78.0 Å². The second-order valence-corrected chi connectivity index (χ2v) is 8.42. The van der Waals surface area contributed by atoms with E-state index in [4.69, 9.17) is 9.47 Å². The van der Waals surface area contributed by atoms with Crippen LogP contribution in [0, 0.1) is 0 Å². The van der Waals surface area contributed by atoms with E-state index in [1.165, 1.54) is 45.2 Å². The lowest BCUT2D eigenvalue weighted by atomic mass is 9.84. The number of hydrogen-bond donors (Lipinski definition) is 2. The van der Waals surface area contributed by atoms with Crippen LogP contribution in [0.4, 0.5) is 5.69 Å². The molecular weight excluding hydrogens is 378 g/mol. The second-order valence-electron chi connectivity index (χ2n) is 8.42. The van der Waals surface area contributed by atoms with Gasteiger partial charge in [0.2, 0.25) is 0 Å². The maximum Gasteiger partial charge on any atom is 0.195 e. The quantitative estimate of drug-likeness (QED) is 0.525. The fraction of sp³-hybridized carbons (Fsp3) is 0.696. The van der Waals surface area contributed by atoms with Crippen molar-refractivity contribution in [3.8, 4) is 11.5 Å². The van der Waals surface area contributed by atoms with Crippen molar-refractivity contribution in [2.75, 3.05) is 65.9 Å². The first-order valence-corrected chi connectivity index (χ1v) is 11.3. The highest BCUT2D eigenvalue weighted by Gasteiger charge is 2.39. The van der Waals surface area contributed by atoms with Crippen molar-refractivity contribution in [3.63, 3.8) is 0 Å². The highest BCUT2D eigenvalue weighted by Crippen LogP contribution is 2.32. The molecular formula is C23H39N5O2. The summed E-state index contributed by atoms with van der Waals surface area (Å²) in [7, 11) is 5.72. The van der Waals surface area contributed by atoms with Crippen molar-refractivity contribution in [3.05, 3.63) is 18.2 Å². The third kappa shape index (κ3) is 5.58. The number of anilines is 1. The number of hydrogen-bond acceptors (Lipinski definition) is 5. The smallest absolute Gasteiger partial charge is 0.195 e. The molecule has 0 aliphatic carbocycles. The van der Waals surface area contributed by atoms with Crippen LogP contribution >= 0.6 is 0 Å². The lowest BCUT2D eigenvalue weighted by Crippen LogP contribution is -2.61. The zero-order chi connectivity index (χ0) is 21.4. The summed E-state index contributed by atoms with van der Waals surface area (Å²) >= 11 is 0. The van der Waals surface area contributed by atoms with Gasteiger partial charge in [-0.15, -0.1) is 0 Å². The molecule has 7 heteroatoms. The van der Waals surface area contributed by atoms with Crippen molar-refractivity contribution >= 4 is 11.6 Å². The van der Waals surface area contributed by atoms with Gasteiger partial charge in [-0.2, -0.15) is 0 Å². The van der Waals surface area contributed by atoms with Crippen molar-refractivity contribution in [1.29, 1.82) is 0 Å². The van der Waals surface area contributed by atoms with E-state index in [0.29, 0.717) is 6.61 Å². The summed E-state index contributed by atoms with van der Waals surface area (Å²) in [5, 5.41) is 7.04. The Kier molecular flexibility index (Phi) is 8.22. The van der Waals surface area contributed by atoms with E-state index in [1.54, 1.807) is 7.11 Å². The third-order valence-electron chi connectivity index (χ3n) is 6.48. The average Bonchev–Trinajstić information content (AvgIpc) is 2.79. The molecule has 1 aromatic carbocycles. The summed E-state index contributed by atoms with van der Waals surface area (Å²) < 4.78 is 11.1. The lowest BCUT2D eigenvalue weighted by Gasteiger charge is -2.50. The van der Waals surface area contributed by atoms with Gasteiger partial charge in [0, 0.05) is 30.9 Å². The summed E-state index contributed by atoms with van der Waals surface area (Å²) in [6.45, 7) is 8.23. The second kappa shape index (κ2) is 10.9. The SMILES string of the molecule is CCOc1ccc(NC(=NC)NCC2(N3CCCCC3)CCN(C)CC2)cc1OC. The minimum Gasteiger partial charge on any atom is -0.493 e. The Morgan fingerprint density at radius 1 is 1.10 bits per heavy atom. The van der Waals surface area contributed by atoms with Crippen LogP contribution < -0.4 is 20.1 Å². The van der Waals surface area contributed by atoms with E-state index in [2.05, 4.69) is 32.5 Å². The van der Waals surface area contributed by atoms with Gasteiger partial charge in [0.1, 0.15) is 0 Å². The minimum absolute atomic E-state index is 0.209. The molecule has 30 heavy (non-hydrogen) atoms. The predicted molar refractivity (Wildman–Crippen MR) is 124 cm³/mol. The lowest BCUT2D eigenvalue weighted by molar-refractivity contribution is 0.0174.